The van der Waals surface area contributed by atoms with Gasteiger partial charge < -0.3 is 20.0 Å². The molecule has 1 atom stereocenters. The molecule has 6 nitrogen and oxygen atoms in total. The SMILES string of the molecule is CC1(O)CCCN(C(=O)N2CC(CC(=O)O)C2)C1. The standard InChI is InChI=1S/C12H20N2O4/c1-12(18)3-2-4-13(8-12)11(17)14-6-9(7-14)5-10(15)16/h9,18H,2-8H2,1H3,(H,15,16). The Bertz CT molecular complexity index is 350. The van der Waals surface area contributed by atoms with Gasteiger partial charge in [0, 0.05) is 25.6 Å². The van der Waals surface area contributed by atoms with Crippen LogP contribution < -0.4 is 0 Å². The van der Waals surface area contributed by atoms with Crippen LogP contribution >= 0.6 is 0 Å². The average Bonchev–Trinajstić information content (AvgIpc) is 2.20. The number of nitrogens with zero attached hydrogens (tertiary/aromatic N) is 2. The van der Waals surface area contributed by atoms with E-state index in [-0.39, 0.29) is 18.4 Å². The number of carboxylic acids is 1. The fraction of sp³-hybridized carbons (Fsp3) is 0.833. The van der Waals surface area contributed by atoms with Crippen LogP contribution in [-0.2, 0) is 4.79 Å². The number of hydrogen-bond donors (Lipinski definition) is 2. The molecule has 0 bridgehead atoms. The van der Waals surface area contributed by atoms with Gasteiger partial charge in [0.15, 0.2) is 0 Å². The zero-order valence-corrected chi connectivity index (χ0v) is 10.6. The number of piperidine rings is 1. The van der Waals surface area contributed by atoms with Crippen molar-refractivity contribution < 1.29 is 19.8 Å². The number of carboxylic acid groups (broad SMARTS) is 1. The summed E-state index contributed by atoms with van der Waals surface area (Å²) < 4.78 is 0. The van der Waals surface area contributed by atoms with E-state index in [1.54, 1.807) is 16.7 Å². The van der Waals surface area contributed by atoms with Gasteiger partial charge >= 0.3 is 12.0 Å². The second kappa shape index (κ2) is 4.76. The molecule has 102 valence electrons. The Hall–Kier alpha value is -1.30. The molecule has 2 aliphatic rings. The van der Waals surface area contributed by atoms with Crippen molar-refractivity contribution in [2.45, 2.75) is 31.8 Å². The van der Waals surface area contributed by atoms with Crippen LogP contribution in [-0.4, -0.2) is 63.8 Å². The number of aliphatic carboxylic acids is 1. The number of aliphatic hydroxyl groups is 1. The minimum absolute atomic E-state index is 0.0726. The smallest absolute Gasteiger partial charge is 0.320 e. The second-order valence-corrected chi connectivity index (χ2v) is 5.67. The molecule has 0 aliphatic carbocycles. The fourth-order valence-corrected chi connectivity index (χ4v) is 2.69. The Balaban J connectivity index is 1.81. The first kappa shape index (κ1) is 13.1. The summed E-state index contributed by atoms with van der Waals surface area (Å²) in [7, 11) is 0. The summed E-state index contributed by atoms with van der Waals surface area (Å²) in [5.41, 5.74) is -0.792. The zero-order chi connectivity index (χ0) is 13.3. The molecule has 0 spiro atoms. The molecule has 0 aromatic rings. The lowest BCUT2D eigenvalue weighted by molar-refractivity contribution is -0.139. The van der Waals surface area contributed by atoms with E-state index in [0.717, 1.165) is 12.8 Å². The Morgan fingerprint density at radius 1 is 1.33 bits per heavy atom. The van der Waals surface area contributed by atoms with Gasteiger partial charge in [-0.05, 0) is 19.8 Å². The highest BCUT2D eigenvalue weighted by molar-refractivity contribution is 5.76. The van der Waals surface area contributed by atoms with E-state index in [4.69, 9.17) is 5.11 Å². The third-order valence-corrected chi connectivity index (χ3v) is 3.64. The van der Waals surface area contributed by atoms with Crippen molar-refractivity contribution in [3.63, 3.8) is 0 Å². The molecule has 2 fully saturated rings. The highest BCUT2D eigenvalue weighted by Crippen LogP contribution is 2.25. The second-order valence-electron chi connectivity index (χ2n) is 5.67. The molecule has 0 saturated carbocycles. The molecule has 0 aromatic heterocycles. The predicted octanol–water partition coefficient (Wildman–Crippen LogP) is 0.360. The van der Waals surface area contributed by atoms with Gasteiger partial charge in [0.05, 0.1) is 18.6 Å². The van der Waals surface area contributed by atoms with Crippen LogP contribution in [0.3, 0.4) is 0 Å². The van der Waals surface area contributed by atoms with Crippen LogP contribution in [0.15, 0.2) is 0 Å². The normalized spacial score (nSPS) is 29.0. The molecular weight excluding hydrogens is 236 g/mol. The summed E-state index contributed by atoms with van der Waals surface area (Å²) in [4.78, 5) is 25.9. The largest absolute Gasteiger partial charge is 0.481 e. The van der Waals surface area contributed by atoms with Crippen molar-refractivity contribution in [3.05, 3.63) is 0 Å². The van der Waals surface area contributed by atoms with Gasteiger partial charge in [-0.25, -0.2) is 4.79 Å². The molecule has 2 saturated heterocycles. The molecule has 6 heteroatoms. The number of amides is 2. The lowest BCUT2D eigenvalue weighted by Crippen LogP contribution is -2.58. The van der Waals surface area contributed by atoms with Crippen molar-refractivity contribution in [1.29, 1.82) is 0 Å². The molecule has 18 heavy (non-hydrogen) atoms. The molecule has 0 radical (unpaired) electrons. The van der Waals surface area contributed by atoms with Crippen LogP contribution in [0.4, 0.5) is 4.79 Å². The Labute approximate surface area is 106 Å². The number of likely N-dealkylation sites (tertiary alicyclic amines) is 2. The summed E-state index contributed by atoms with van der Waals surface area (Å²) in [5.74, 6) is -0.732. The third kappa shape index (κ3) is 2.93. The number of urea groups is 1. The predicted molar refractivity (Wildman–Crippen MR) is 64.1 cm³/mol. The number of rotatable bonds is 2. The topological polar surface area (TPSA) is 81.1 Å². The maximum absolute atomic E-state index is 12.1. The van der Waals surface area contributed by atoms with Crippen molar-refractivity contribution in [2.24, 2.45) is 5.92 Å². The fourth-order valence-electron chi connectivity index (χ4n) is 2.69. The van der Waals surface area contributed by atoms with Crippen molar-refractivity contribution in [3.8, 4) is 0 Å². The van der Waals surface area contributed by atoms with Crippen LogP contribution in [0.5, 0.6) is 0 Å². The van der Waals surface area contributed by atoms with Gasteiger partial charge in [-0.2, -0.15) is 0 Å². The summed E-state index contributed by atoms with van der Waals surface area (Å²) >= 11 is 0. The average molecular weight is 256 g/mol. The highest BCUT2D eigenvalue weighted by Gasteiger charge is 2.38. The van der Waals surface area contributed by atoms with Crippen molar-refractivity contribution in [1.82, 2.24) is 9.80 Å². The molecule has 2 rings (SSSR count). The monoisotopic (exact) mass is 256 g/mol. The highest BCUT2D eigenvalue weighted by atomic mass is 16.4. The molecule has 0 aromatic carbocycles. The van der Waals surface area contributed by atoms with Gasteiger partial charge in [0.1, 0.15) is 0 Å². The van der Waals surface area contributed by atoms with Gasteiger partial charge in [-0.3, -0.25) is 4.79 Å². The van der Waals surface area contributed by atoms with Gasteiger partial charge in [0.25, 0.3) is 0 Å². The van der Waals surface area contributed by atoms with E-state index in [2.05, 4.69) is 0 Å². The van der Waals surface area contributed by atoms with E-state index < -0.39 is 11.6 Å². The third-order valence-electron chi connectivity index (χ3n) is 3.64. The first-order valence-corrected chi connectivity index (χ1v) is 6.35. The molecule has 2 N–H and O–H groups in total. The molecule has 2 aliphatic heterocycles. The maximum atomic E-state index is 12.1. The van der Waals surface area contributed by atoms with Crippen LogP contribution in [0.2, 0.25) is 0 Å². The quantitative estimate of drug-likeness (QED) is 0.747. The van der Waals surface area contributed by atoms with Crippen LogP contribution in [0.25, 0.3) is 0 Å². The van der Waals surface area contributed by atoms with Crippen molar-refractivity contribution in [2.75, 3.05) is 26.2 Å². The number of β-amino-alcohol motifs (C(OH)–C–C–N with tert-alkyl or cyclic N) is 1. The number of hydrogen-bond acceptors (Lipinski definition) is 3. The van der Waals surface area contributed by atoms with Crippen LogP contribution in [0.1, 0.15) is 26.2 Å². The molecule has 2 amide bonds. The molecular formula is C12H20N2O4. The van der Waals surface area contributed by atoms with Gasteiger partial charge in [-0.1, -0.05) is 0 Å². The lowest BCUT2D eigenvalue weighted by atomic mass is 9.94. The Kier molecular flexibility index (Phi) is 3.47. The number of carbonyl (C=O) groups excluding carboxylic acids is 1. The van der Waals surface area contributed by atoms with E-state index in [1.165, 1.54) is 0 Å². The van der Waals surface area contributed by atoms with E-state index in [9.17, 15) is 14.7 Å². The minimum atomic E-state index is -0.812. The van der Waals surface area contributed by atoms with Crippen molar-refractivity contribution >= 4 is 12.0 Å². The summed E-state index contributed by atoms with van der Waals surface area (Å²) in [6.45, 7) is 3.82. The van der Waals surface area contributed by atoms with Crippen LogP contribution in [0, 0.1) is 5.92 Å². The maximum Gasteiger partial charge on any atom is 0.320 e. The van der Waals surface area contributed by atoms with E-state index in [0.29, 0.717) is 26.2 Å². The van der Waals surface area contributed by atoms with E-state index >= 15 is 0 Å². The summed E-state index contributed by atoms with van der Waals surface area (Å²) in [6, 6.07) is -0.0726. The summed E-state index contributed by atoms with van der Waals surface area (Å²) in [6.07, 6.45) is 1.66. The Morgan fingerprint density at radius 2 is 2.00 bits per heavy atom. The number of carbonyl (C=O) groups is 2. The minimum Gasteiger partial charge on any atom is -0.481 e. The molecule has 2 heterocycles. The zero-order valence-electron chi connectivity index (χ0n) is 10.6. The first-order chi connectivity index (χ1) is 8.37. The molecule has 1 unspecified atom stereocenters. The first-order valence-electron chi connectivity index (χ1n) is 6.35. The Morgan fingerprint density at radius 3 is 2.56 bits per heavy atom. The summed E-state index contributed by atoms with van der Waals surface area (Å²) in [5, 5.41) is 18.6. The van der Waals surface area contributed by atoms with Gasteiger partial charge in [0.2, 0.25) is 0 Å². The lowest BCUT2D eigenvalue weighted by Gasteiger charge is -2.44. The van der Waals surface area contributed by atoms with Gasteiger partial charge in [-0.15, -0.1) is 0 Å². The van der Waals surface area contributed by atoms with E-state index in [1.807, 2.05) is 0 Å².